The molecule has 0 aliphatic carbocycles. The third-order valence-corrected chi connectivity index (χ3v) is 8.35. The average Bonchev–Trinajstić information content (AvgIpc) is 3.50. The summed E-state index contributed by atoms with van der Waals surface area (Å²) in [6.45, 7) is 8.79. The van der Waals surface area contributed by atoms with Crippen LogP contribution < -0.4 is 10.6 Å². The fraction of sp³-hybridized carbons (Fsp3) is 0.571. The number of likely N-dealkylation sites (tertiary alicyclic amines) is 1. The van der Waals surface area contributed by atoms with Crippen molar-refractivity contribution in [3.05, 3.63) is 41.0 Å². The third-order valence-electron chi connectivity index (χ3n) is 6.61. The Bertz CT molecular complexity index is 1120. The second kappa shape index (κ2) is 14.5. The zero-order valence-electron chi connectivity index (χ0n) is 23.0. The lowest BCUT2D eigenvalue weighted by Crippen LogP contribution is -2.57. The summed E-state index contributed by atoms with van der Waals surface area (Å²) in [5.74, 6) is -0.983. The summed E-state index contributed by atoms with van der Waals surface area (Å²) in [7, 11) is 0. The van der Waals surface area contributed by atoms with E-state index in [1.165, 1.54) is 4.90 Å². The lowest BCUT2D eigenvalue weighted by atomic mass is 9.85. The number of carbonyl (C=O) groups is 3. The average molecular weight is 671 g/mol. The topological polar surface area (TPSA) is 121 Å². The van der Waals surface area contributed by atoms with Crippen LogP contribution in [0.3, 0.4) is 0 Å². The summed E-state index contributed by atoms with van der Waals surface area (Å²) >= 11 is 3.86. The molecule has 1 aromatic heterocycles. The molecule has 2 aromatic rings. The van der Waals surface area contributed by atoms with Gasteiger partial charge in [-0.3, -0.25) is 14.4 Å². The molecule has 0 bridgehead atoms. The van der Waals surface area contributed by atoms with Gasteiger partial charge in [-0.05, 0) is 29.9 Å². The van der Waals surface area contributed by atoms with Gasteiger partial charge < -0.3 is 25.4 Å². The number of rotatable bonds is 12. The van der Waals surface area contributed by atoms with E-state index in [-0.39, 0.29) is 43.7 Å². The molecule has 3 amide bonds. The molecule has 3 N–H and O–H groups in total. The second-order valence-electron chi connectivity index (χ2n) is 10.8. The van der Waals surface area contributed by atoms with Crippen molar-refractivity contribution >= 4 is 51.6 Å². The molecule has 1 fully saturated rings. The van der Waals surface area contributed by atoms with Crippen LogP contribution in [0.5, 0.6) is 0 Å². The Morgan fingerprint density at radius 2 is 1.95 bits per heavy atom. The number of carbonyl (C=O) groups excluding carboxylic acids is 3. The van der Waals surface area contributed by atoms with Crippen molar-refractivity contribution in [2.45, 2.75) is 71.7 Å². The Labute approximate surface area is 248 Å². The Hall–Kier alpha value is -2.09. The molecular weight excluding hydrogens is 631 g/mol. The van der Waals surface area contributed by atoms with Gasteiger partial charge in [0.05, 0.1) is 28.8 Å². The van der Waals surface area contributed by atoms with Gasteiger partial charge in [0.15, 0.2) is 0 Å². The quantitative estimate of drug-likeness (QED) is 0.181. The van der Waals surface area contributed by atoms with Crippen molar-refractivity contribution in [1.29, 1.82) is 0 Å². The number of aryl methyl sites for hydroxylation is 1. The normalized spacial score (nSPS) is 18.2. The molecule has 39 heavy (non-hydrogen) atoms. The summed E-state index contributed by atoms with van der Waals surface area (Å²) < 4.78 is 6.47. The van der Waals surface area contributed by atoms with Gasteiger partial charge in [0.2, 0.25) is 17.7 Å². The lowest BCUT2D eigenvalue weighted by molar-refractivity contribution is -0.144. The van der Waals surface area contributed by atoms with Crippen LogP contribution in [0.1, 0.15) is 51.3 Å². The summed E-state index contributed by atoms with van der Waals surface area (Å²) in [6.07, 6.45) is 0.407. The number of hydrogen-bond acceptors (Lipinski definition) is 7. The Balaban J connectivity index is 1.61. The summed E-state index contributed by atoms with van der Waals surface area (Å²) in [5.41, 5.74) is 4.20. The van der Waals surface area contributed by atoms with Gasteiger partial charge in [0.1, 0.15) is 12.1 Å². The minimum Gasteiger partial charge on any atom is -0.391 e. The highest BCUT2D eigenvalue weighted by Gasteiger charge is 2.44. The molecule has 2 heterocycles. The van der Waals surface area contributed by atoms with Crippen LogP contribution in [0, 0.1) is 12.3 Å². The number of thiazole rings is 1. The standard InChI is InChI=1S/C28H39IN4O5S/c1-18-24(39-17-31-18)20-8-6-19(7-9-20)15-30-26(36)22-14-21(34)16-33(22)27(37)25(28(2,3)4)32-23(35)10-13-38-12-5-11-29/h6-9,17,21-22,25,34H,5,10-16H2,1-4H3,(H,30,36)(H,32,35)/t21-,22+,25-/m1/s1. The van der Waals surface area contributed by atoms with Crippen molar-refractivity contribution < 1.29 is 24.2 Å². The first-order valence-corrected chi connectivity index (χ1v) is 15.6. The Kier molecular flexibility index (Phi) is 11.7. The number of hydrogen-bond donors (Lipinski definition) is 3. The van der Waals surface area contributed by atoms with E-state index in [2.05, 4.69) is 38.2 Å². The SMILES string of the molecule is Cc1ncsc1-c1ccc(CNC(=O)[C@@H]2C[C@@H](O)CN2C(=O)[C@@H](NC(=O)CCOCCCI)C(C)(C)C)cc1. The summed E-state index contributed by atoms with van der Waals surface area (Å²) in [4.78, 5) is 46.2. The third kappa shape index (κ3) is 8.95. The van der Waals surface area contributed by atoms with Gasteiger partial charge in [-0.2, -0.15) is 0 Å². The summed E-state index contributed by atoms with van der Waals surface area (Å²) in [5, 5.41) is 16.1. The van der Waals surface area contributed by atoms with E-state index in [4.69, 9.17) is 4.74 Å². The highest BCUT2D eigenvalue weighted by atomic mass is 127. The van der Waals surface area contributed by atoms with Crippen LogP contribution in [0.2, 0.25) is 0 Å². The highest BCUT2D eigenvalue weighted by Crippen LogP contribution is 2.28. The number of β-amino-alcohol motifs (C(OH)–C–C–N with tert-alkyl or cyclic N) is 1. The second-order valence-corrected chi connectivity index (χ2v) is 12.8. The van der Waals surface area contributed by atoms with E-state index in [0.717, 1.165) is 32.5 Å². The van der Waals surface area contributed by atoms with Gasteiger partial charge in [-0.25, -0.2) is 4.98 Å². The Morgan fingerprint density at radius 1 is 1.23 bits per heavy atom. The van der Waals surface area contributed by atoms with E-state index in [0.29, 0.717) is 13.2 Å². The number of ether oxygens (including phenoxy) is 1. The van der Waals surface area contributed by atoms with E-state index >= 15 is 0 Å². The van der Waals surface area contributed by atoms with Crippen molar-refractivity contribution in [2.75, 3.05) is 24.2 Å². The van der Waals surface area contributed by atoms with Crippen LogP contribution in [-0.2, 0) is 25.7 Å². The van der Waals surface area contributed by atoms with Crippen molar-refractivity contribution in [2.24, 2.45) is 5.41 Å². The molecule has 214 valence electrons. The van der Waals surface area contributed by atoms with Gasteiger partial charge >= 0.3 is 0 Å². The first-order chi connectivity index (χ1) is 18.5. The Morgan fingerprint density at radius 3 is 2.56 bits per heavy atom. The maximum Gasteiger partial charge on any atom is 0.246 e. The van der Waals surface area contributed by atoms with Crippen LogP contribution >= 0.6 is 33.9 Å². The van der Waals surface area contributed by atoms with Crippen LogP contribution in [0.25, 0.3) is 10.4 Å². The minimum atomic E-state index is -0.845. The van der Waals surface area contributed by atoms with Gasteiger partial charge in [0.25, 0.3) is 0 Å². The molecular formula is C28H39IN4O5S. The molecule has 1 saturated heterocycles. The molecule has 1 aromatic carbocycles. The zero-order chi connectivity index (χ0) is 28.6. The fourth-order valence-corrected chi connectivity index (χ4v) is 5.56. The molecule has 0 unspecified atom stereocenters. The number of nitrogens with zero attached hydrogens (tertiary/aromatic N) is 2. The predicted molar refractivity (Wildman–Crippen MR) is 161 cm³/mol. The van der Waals surface area contributed by atoms with Crippen LogP contribution in [0.4, 0.5) is 0 Å². The predicted octanol–water partition coefficient (Wildman–Crippen LogP) is 3.46. The van der Waals surface area contributed by atoms with E-state index in [1.807, 2.05) is 57.5 Å². The first-order valence-electron chi connectivity index (χ1n) is 13.2. The van der Waals surface area contributed by atoms with Gasteiger partial charge in [-0.1, -0.05) is 67.6 Å². The number of halogens is 1. The lowest BCUT2D eigenvalue weighted by Gasteiger charge is -2.35. The van der Waals surface area contributed by atoms with Crippen LogP contribution in [-0.4, -0.2) is 75.1 Å². The molecule has 3 rings (SSSR count). The number of alkyl halides is 1. The van der Waals surface area contributed by atoms with Gasteiger partial charge in [0, 0.05) is 37.0 Å². The van der Waals surface area contributed by atoms with Crippen molar-refractivity contribution in [1.82, 2.24) is 20.5 Å². The minimum absolute atomic E-state index is 0.0433. The largest absolute Gasteiger partial charge is 0.391 e. The number of nitrogens with one attached hydrogen (secondary N) is 2. The number of amides is 3. The smallest absolute Gasteiger partial charge is 0.246 e. The van der Waals surface area contributed by atoms with Crippen LogP contribution in [0.15, 0.2) is 29.8 Å². The highest BCUT2D eigenvalue weighted by molar-refractivity contribution is 14.1. The van der Waals surface area contributed by atoms with Crippen molar-refractivity contribution in [3.8, 4) is 10.4 Å². The molecule has 11 heteroatoms. The number of aliphatic hydroxyl groups is 1. The number of aliphatic hydroxyl groups excluding tert-OH is 1. The molecule has 9 nitrogen and oxygen atoms in total. The molecule has 1 aliphatic heterocycles. The molecule has 1 aliphatic rings. The van der Waals surface area contributed by atoms with E-state index < -0.39 is 23.6 Å². The maximum atomic E-state index is 13.6. The number of benzene rings is 1. The zero-order valence-corrected chi connectivity index (χ0v) is 26.0. The first kappa shape index (κ1) is 31.4. The van der Waals surface area contributed by atoms with E-state index in [9.17, 15) is 19.5 Å². The summed E-state index contributed by atoms with van der Waals surface area (Å²) in [6, 6.07) is 6.26. The number of aromatic nitrogens is 1. The van der Waals surface area contributed by atoms with Gasteiger partial charge in [-0.15, -0.1) is 11.3 Å². The molecule has 0 saturated carbocycles. The van der Waals surface area contributed by atoms with Crippen molar-refractivity contribution in [3.63, 3.8) is 0 Å². The van der Waals surface area contributed by atoms with E-state index in [1.54, 1.807) is 11.3 Å². The molecule has 0 spiro atoms. The maximum absolute atomic E-state index is 13.6. The fourth-order valence-electron chi connectivity index (χ4n) is 4.44. The monoisotopic (exact) mass is 670 g/mol. The molecule has 3 atom stereocenters. The molecule has 0 radical (unpaired) electrons.